The average Bonchev–Trinajstić information content (AvgIpc) is 3.08. The maximum absolute atomic E-state index is 12.0. The van der Waals surface area contributed by atoms with E-state index < -0.39 is 0 Å². The molecule has 1 aromatic carbocycles. The van der Waals surface area contributed by atoms with Crippen LogP contribution in [0.15, 0.2) is 40.8 Å². The number of carbonyl (C=O) groups is 1. The molecule has 0 saturated carbocycles. The van der Waals surface area contributed by atoms with Gasteiger partial charge in [0.15, 0.2) is 0 Å². The normalized spacial score (nSPS) is 20.5. The van der Waals surface area contributed by atoms with E-state index in [-0.39, 0.29) is 24.6 Å². The molecule has 3 N–H and O–H groups in total. The third kappa shape index (κ3) is 2.99. The standard InChI is InChI=1S/C17H20N2O3/c1-11-15(14-4-2-3-5-16(14)22-11)9-18-17(21)19-13-7-6-12(8-13)10-20/h2-7,12-13,20H,8-10H2,1H3,(H2,18,19,21)/t12-,13+/m0/s1. The zero-order valence-corrected chi connectivity index (χ0v) is 12.5. The van der Waals surface area contributed by atoms with E-state index in [9.17, 15) is 4.79 Å². The summed E-state index contributed by atoms with van der Waals surface area (Å²) in [7, 11) is 0. The van der Waals surface area contributed by atoms with Crippen LogP contribution >= 0.6 is 0 Å². The number of amides is 2. The summed E-state index contributed by atoms with van der Waals surface area (Å²) >= 11 is 0. The number of aryl methyl sites for hydroxylation is 1. The van der Waals surface area contributed by atoms with Crippen molar-refractivity contribution < 1.29 is 14.3 Å². The zero-order chi connectivity index (χ0) is 15.5. The molecule has 116 valence electrons. The van der Waals surface area contributed by atoms with Crippen molar-refractivity contribution in [2.75, 3.05) is 6.61 Å². The van der Waals surface area contributed by atoms with Gasteiger partial charge in [-0.05, 0) is 19.4 Å². The number of para-hydroxylation sites is 1. The fraction of sp³-hybridized carbons (Fsp3) is 0.353. The molecule has 1 aromatic heterocycles. The quantitative estimate of drug-likeness (QED) is 0.759. The Bertz CT molecular complexity index is 705. The van der Waals surface area contributed by atoms with Crippen LogP contribution in [0, 0.1) is 12.8 Å². The van der Waals surface area contributed by atoms with Gasteiger partial charge in [0.25, 0.3) is 0 Å². The summed E-state index contributed by atoms with van der Waals surface area (Å²) in [6.07, 6.45) is 4.62. The van der Waals surface area contributed by atoms with Crippen molar-refractivity contribution in [2.24, 2.45) is 5.92 Å². The highest BCUT2D eigenvalue weighted by atomic mass is 16.3. The van der Waals surface area contributed by atoms with Gasteiger partial charge >= 0.3 is 6.03 Å². The molecule has 1 heterocycles. The SMILES string of the molecule is Cc1oc2ccccc2c1CNC(=O)N[C@@H]1C=C[C@H](CO)C1. The van der Waals surface area contributed by atoms with Crippen molar-refractivity contribution in [3.8, 4) is 0 Å². The number of urea groups is 1. The molecule has 1 aliphatic carbocycles. The largest absolute Gasteiger partial charge is 0.461 e. The number of rotatable bonds is 4. The Morgan fingerprint density at radius 2 is 2.18 bits per heavy atom. The number of aliphatic hydroxyl groups excluding tert-OH is 1. The molecule has 2 aromatic rings. The van der Waals surface area contributed by atoms with E-state index in [0.717, 1.165) is 28.7 Å². The predicted molar refractivity (Wildman–Crippen MR) is 84.4 cm³/mol. The van der Waals surface area contributed by atoms with E-state index >= 15 is 0 Å². The molecular weight excluding hydrogens is 280 g/mol. The Kier molecular flexibility index (Phi) is 4.15. The van der Waals surface area contributed by atoms with Crippen molar-refractivity contribution in [1.29, 1.82) is 0 Å². The van der Waals surface area contributed by atoms with Crippen LogP contribution < -0.4 is 10.6 Å². The number of hydrogen-bond acceptors (Lipinski definition) is 3. The van der Waals surface area contributed by atoms with Crippen molar-refractivity contribution in [1.82, 2.24) is 10.6 Å². The second kappa shape index (κ2) is 6.23. The number of carbonyl (C=O) groups excluding carboxylic acids is 1. The lowest BCUT2D eigenvalue weighted by Gasteiger charge is -2.13. The Morgan fingerprint density at radius 1 is 1.36 bits per heavy atom. The van der Waals surface area contributed by atoms with Crippen LogP contribution in [0.25, 0.3) is 11.0 Å². The van der Waals surface area contributed by atoms with Gasteiger partial charge in [0.05, 0.1) is 0 Å². The van der Waals surface area contributed by atoms with Gasteiger partial charge < -0.3 is 20.2 Å². The zero-order valence-electron chi connectivity index (χ0n) is 12.5. The molecule has 3 rings (SSSR count). The fourth-order valence-electron chi connectivity index (χ4n) is 2.85. The average molecular weight is 300 g/mol. The first kappa shape index (κ1) is 14.7. The summed E-state index contributed by atoms with van der Waals surface area (Å²) in [4.78, 5) is 12.0. The van der Waals surface area contributed by atoms with Crippen LogP contribution in [-0.2, 0) is 6.54 Å². The van der Waals surface area contributed by atoms with E-state index in [2.05, 4.69) is 10.6 Å². The van der Waals surface area contributed by atoms with Crippen LogP contribution in [0.1, 0.15) is 17.7 Å². The molecule has 0 bridgehead atoms. The minimum absolute atomic E-state index is 0.0145. The minimum Gasteiger partial charge on any atom is -0.461 e. The number of aliphatic hydroxyl groups is 1. The molecule has 5 nitrogen and oxygen atoms in total. The van der Waals surface area contributed by atoms with Gasteiger partial charge in [-0.25, -0.2) is 4.79 Å². The molecule has 5 heteroatoms. The third-order valence-corrected chi connectivity index (χ3v) is 4.05. The Hall–Kier alpha value is -2.27. The molecular formula is C17H20N2O3. The molecule has 1 aliphatic rings. The maximum atomic E-state index is 12.0. The summed E-state index contributed by atoms with van der Waals surface area (Å²) in [5.41, 5.74) is 1.84. The highest BCUT2D eigenvalue weighted by Gasteiger charge is 2.20. The van der Waals surface area contributed by atoms with Crippen molar-refractivity contribution in [2.45, 2.75) is 25.9 Å². The number of hydrogen-bond donors (Lipinski definition) is 3. The molecule has 0 fully saturated rings. The van der Waals surface area contributed by atoms with Crippen LogP contribution in [0.4, 0.5) is 4.79 Å². The molecule has 0 spiro atoms. The smallest absolute Gasteiger partial charge is 0.315 e. The first-order valence-electron chi connectivity index (χ1n) is 7.48. The second-order valence-electron chi connectivity index (χ2n) is 5.63. The number of nitrogens with one attached hydrogen (secondary N) is 2. The molecule has 0 saturated heterocycles. The van der Waals surface area contributed by atoms with Gasteiger partial charge in [0, 0.05) is 36.1 Å². The van der Waals surface area contributed by atoms with Crippen LogP contribution in [0.5, 0.6) is 0 Å². The van der Waals surface area contributed by atoms with E-state index in [1.54, 1.807) is 0 Å². The van der Waals surface area contributed by atoms with Gasteiger partial charge in [-0.1, -0.05) is 30.4 Å². The van der Waals surface area contributed by atoms with Gasteiger partial charge in [-0.3, -0.25) is 0 Å². The summed E-state index contributed by atoms with van der Waals surface area (Å²) < 4.78 is 5.68. The van der Waals surface area contributed by atoms with E-state index in [1.165, 1.54) is 0 Å². The summed E-state index contributed by atoms with van der Waals surface area (Å²) in [5, 5.41) is 15.9. The molecule has 2 atom stereocenters. The number of fused-ring (bicyclic) bond motifs is 1. The Morgan fingerprint density at radius 3 is 2.95 bits per heavy atom. The fourth-order valence-corrected chi connectivity index (χ4v) is 2.85. The molecule has 0 aliphatic heterocycles. The van der Waals surface area contributed by atoms with E-state index in [4.69, 9.17) is 9.52 Å². The number of furan rings is 1. The first-order valence-corrected chi connectivity index (χ1v) is 7.48. The van der Waals surface area contributed by atoms with Gasteiger partial charge in [-0.15, -0.1) is 0 Å². The summed E-state index contributed by atoms with van der Waals surface area (Å²) in [5.74, 6) is 0.966. The highest BCUT2D eigenvalue weighted by Crippen LogP contribution is 2.25. The molecule has 2 amide bonds. The highest BCUT2D eigenvalue weighted by molar-refractivity contribution is 5.83. The molecule has 0 radical (unpaired) electrons. The minimum atomic E-state index is -0.210. The lowest BCUT2D eigenvalue weighted by atomic mass is 10.1. The van der Waals surface area contributed by atoms with Crippen molar-refractivity contribution >= 4 is 17.0 Å². The van der Waals surface area contributed by atoms with Crippen LogP contribution in [-0.4, -0.2) is 23.8 Å². The maximum Gasteiger partial charge on any atom is 0.315 e. The van der Waals surface area contributed by atoms with E-state index in [0.29, 0.717) is 6.54 Å². The predicted octanol–water partition coefficient (Wildman–Crippen LogP) is 2.48. The summed E-state index contributed by atoms with van der Waals surface area (Å²) in [6, 6.07) is 7.58. The Balaban J connectivity index is 1.59. The van der Waals surface area contributed by atoms with E-state index in [1.807, 2.05) is 43.3 Å². The van der Waals surface area contributed by atoms with Gasteiger partial charge in [-0.2, -0.15) is 0 Å². The second-order valence-corrected chi connectivity index (χ2v) is 5.63. The van der Waals surface area contributed by atoms with Crippen LogP contribution in [0.2, 0.25) is 0 Å². The lowest BCUT2D eigenvalue weighted by molar-refractivity contribution is 0.231. The molecule has 0 unspecified atom stereocenters. The van der Waals surface area contributed by atoms with Gasteiger partial charge in [0.1, 0.15) is 11.3 Å². The summed E-state index contributed by atoms with van der Waals surface area (Å²) in [6.45, 7) is 2.45. The van der Waals surface area contributed by atoms with Crippen LogP contribution in [0.3, 0.4) is 0 Å². The van der Waals surface area contributed by atoms with Crippen molar-refractivity contribution in [3.05, 3.63) is 47.7 Å². The lowest BCUT2D eigenvalue weighted by Crippen LogP contribution is -2.40. The monoisotopic (exact) mass is 300 g/mol. The van der Waals surface area contributed by atoms with Crippen molar-refractivity contribution in [3.63, 3.8) is 0 Å². The molecule has 22 heavy (non-hydrogen) atoms. The first-order chi connectivity index (χ1) is 10.7. The van der Waals surface area contributed by atoms with Gasteiger partial charge in [0.2, 0.25) is 0 Å². The number of benzene rings is 1. The third-order valence-electron chi connectivity index (χ3n) is 4.05. The topological polar surface area (TPSA) is 74.5 Å². The Labute approximate surface area is 129 Å².